The van der Waals surface area contributed by atoms with Crippen molar-refractivity contribution in [1.82, 2.24) is 5.16 Å². The quantitative estimate of drug-likeness (QED) is 0.874. The lowest BCUT2D eigenvalue weighted by Crippen LogP contribution is -2.05. The van der Waals surface area contributed by atoms with E-state index >= 15 is 0 Å². The number of hydrogen-bond acceptors (Lipinski definition) is 3. The first-order valence-corrected chi connectivity index (χ1v) is 5.27. The average Bonchev–Trinajstić information content (AvgIpc) is 2.61. The normalized spacial score (nSPS) is 11.8. The molecule has 1 heterocycles. The van der Waals surface area contributed by atoms with E-state index in [1.165, 1.54) is 12.1 Å². The molecule has 0 saturated heterocycles. The Bertz CT molecular complexity index is 533. The molecule has 0 aliphatic rings. The van der Waals surface area contributed by atoms with Gasteiger partial charge in [0, 0.05) is 4.47 Å². The second-order valence-corrected chi connectivity index (χ2v) is 4.19. The van der Waals surface area contributed by atoms with Gasteiger partial charge in [0.1, 0.15) is 0 Å². The number of aromatic nitrogens is 1. The van der Waals surface area contributed by atoms with Gasteiger partial charge in [0.15, 0.2) is 5.82 Å². The molecule has 0 spiro atoms. The first-order valence-electron chi connectivity index (χ1n) is 4.48. The van der Waals surface area contributed by atoms with Crippen LogP contribution in [0.1, 0.15) is 5.76 Å². The van der Waals surface area contributed by atoms with E-state index in [-0.39, 0.29) is 11.4 Å². The molecule has 90 valence electrons. The third-order valence-electron chi connectivity index (χ3n) is 2.11. The van der Waals surface area contributed by atoms with E-state index in [4.69, 9.17) is 5.73 Å². The molecule has 1 aromatic heterocycles. The molecule has 0 unspecified atom stereocenters. The Hall–Kier alpha value is -1.50. The van der Waals surface area contributed by atoms with Crippen LogP contribution in [0.15, 0.2) is 33.3 Å². The standard InChI is InChI=1S/C10H6BrF3N2O/c11-6-3-1-5(2-4-6)7-8(10(12,13)14)17-16-9(7)15/h1-4H,(H2,15,16). The first kappa shape index (κ1) is 12.0. The number of benzene rings is 1. The highest BCUT2D eigenvalue weighted by molar-refractivity contribution is 9.10. The third-order valence-corrected chi connectivity index (χ3v) is 2.64. The summed E-state index contributed by atoms with van der Waals surface area (Å²) in [6.07, 6.45) is -4.62. The lowest BCUT2D eigenvalue weighted by atomic mass is 10.1. The third kappa shape index (κ3) is 2.28. The fourth-order valence-corrected chi connectivity index (χ4v) is 1.66. The minimum Gasteiger partial charge on any atom is -0.380 e. The van der Waals surface area contributed by atoms with Crippen LogP contribution in [-0.2, 0) is 6.18 Å². The molecule has 2 N–H and O–H groups in total. The number of alkyl halides is 3. The van der Waals surface area contributed by atoms with E-state index in [0.717, 1.165) is 4.47 Å². The summed E-state index contributed by atoms with van der Waals surface area (Å²) in [4.78, 5) is 0. The van der Waals surface area contributed by atoms with Crippen LogP contribution in [0.25, 0.3) is 11.1 Å². The van der Waals surface area contributed by atoms with Crippen molar-refractivity contribution in [3.8, 4) is 11.1 Å². The molecule has 17 heavy (non-hydrogen) atoms. The topological polar surface area (TPSA) is 52.0 Å². The number of halogens is 4. The number of hydrogen-bond donors (Lipinski definition) is 1. The van der Waals surface area contributed by atoms with Crippen molar-refractivity contribution in [2.24, 2.45) is 0 Å². The van der Waals surface area contributed by atoms with Crippen LogP contribution in [0, 0.1) is 0 Å². The van der Waals surface area contributed by atoms with E-state index in [2.05, 4.69) is 25.6 Å². The molecule has 2 rings (SSSR count). The predicted octanol–water partition coefficient (Wildman–Crippen LogP) is 3.71. The van der Waals surface area contributed by atoms with Crippen LogP contribution in [0.4, 0.5) is 19.0 Å². The van der Waals surface area contributed by atoms with E-state index in [9.17, 15) is 13.2 Å². The van der Waals surface area contributed by atoms with Gasteiger partial charge in [-0.15, -0.1) is 0 Å². The van der Waals surface area contributed by atoms with Gasteiger partial charge in [0.25, 0.3) is 0 Å². The Balaban J connectivity index is 2.59. The van der Waals surface area contributed by atoms with E-state index in [1.54, 1.807) is 12.1 Å². The van der Waals surface area contributed by atoms with Gasteiger partial charge in [-0.1, -0.05) is 33.2 Å². The monoisotopic (exact) mass is 306 g/mol. The molecule has 2 aromatic rings. The Morgan fingerprint density at radius 3 is 2.29 bits per heavy atom. The Kier molecular flexibility index (Phi) is 2.86. The van der Waals surface area contributed by atoms with Gasteiger partial charge in [0.2, 0.25) is 5.76 Å². The zero-order valence-electron chi connectivity index (χ0n) is 8.25. The SMILES string of the molecule is Nc1noc(C(F)(F)F)c1-c1ccc(Br)cc1. The van der Waals surface area contributed by atoms with Gasteiger partial charge in [0.05, 0.1) is 5.56 Å². The van der Waals surface area contributed by atoms with Crippen molar-refractivity contribution >= 4 is 21.7 Å². The number of nitrogen functional groups attached to an aromatic ring is 1. The number of rotatable bonds is 1. The highest BCUT2D eigenvalue weighted by atomic mass is 79.9. The summed E-state index contributed by atoms with van der Waals surface area (Å²) in [6.45, 7) is 0. The largest absolute Gasteiger partial charge is 0.453 e. The van der Waals surface area contributed by atoms with Crippen LogP contribution in [0.5, 0.6) is 0 Å². The van der Waals surface area contributed by atoms with Crippen LogP contribution in [-0.4, -0.2) is 5.16 Å². The molecule has 0 amide bonds. The van der Waals surface area contributed by atoms with Crippen LogP contribution in [0.3, 0.4) is 0 Å². The minimum absolute atomic E-state index is 0.231. The van der Waals surface area contributed by atoms with E-state index in [1.807, 2.05) is 0 Å². The molecule has 3 nitrogen and oxygen atoms in total. The van der Waals surface area contributed by atoms with Gasteiger partial charge in [-0.05, 0) is 17.7 Å². The maximum absolute atomic E-state index is 12.6. The molecular formula is C10H6BrF3N2O. The fourth-order valence-electron chi connectivity index (χ4n) is 1.39. The second-order valence-electron chi connectivity index (χ2n) is 3.28. The summed E-state index contributed by atoms with van der Waals surface area (Å²) in [7, 11) is 0. The van der Waals surface area contributed by atoms with Crippen LogP contribution >= 0.6 is 15.9 Å². The summed E-state index contributed by atoms with van der Waals surface area (Å²) >= 11 is 3.19. The maximum atomic E-state index is 12.6. The molecule has 0 saturated carbocycles. The van der Waals surface area contributed by atoms with Crippen molar-refractivity contribution in [3.05, 3.63) is 34.5 Å². The molecule has 0 aliphatic carbocycles. The lowest BCUT2D eigenvalue weighted by molar-refractivity contribution is -0.154. The zero-order valence-corrected chi connectivity index (χ0v) is 9.84. The first-order chi connectivity index (χ1) is 7.89. The second kappa shape index (κ2) is 4.06. The van der Waals surface area contributed by atoms with Crippen molar-refractivity contribution in [3.63, 3.8) is 0 Å². The summed E-state index contributed by atoms with van der Waals surface area (Å²) in [5, 5.41) is 3.15. The molecule has 7 heteroatoms. The molecule has 0 aliphatic heterocycles. The highest BCUT2D eigenvalue weighted by Gasteiger charge is 2.40. The van der Waals surface area contributed by atoms with Crippen LogP contribution in [0.2, 0.25) is 0 Å². The molecule has 0 radical (unpaired) electrons. The highest BCUT2D eigenvalue weighted by Crippen LogP contribution is 2.40. The average molecular weight is 307 g/mol. The van der Waals surface area contributed by atoms with Crippen LogP contribution < -0.4 is 5.73 Å². The smallest absolute Gasteiger partial charge is 0.380 e. The fraction of sp³-hybridized carbons (Fsp3) is 0.100. The minimum atomic E-state index is -4.62. The Morgan fingerprint density at radius 2 is 1.76 bits per heavy atom. The number of anilines is 1. The van der Waals surface area contributed by atoms with Crippen molar-refractivity contribution < 1.29 is 17.7 Å². The lowest BCUT2D eigenvalue weighted by Gasteiger charge is -2.05. The number of nitrogens with two attached hydrogens (primary N) is 1. The van der Waals surface area contributed by atoms with Gasteiger partial charge >= 0.3 is 6.18 Å². The predicted molar refractivity (Wildman–Crippen MR) is 59.1 cm³/mol. The molecule has 0 bridgehead atoms. The van der Waals surface area contributed by atoms with Crippen molar-refractivity contribution in [1.29, 1.82) is 0 Å². The molecule has 1 aromatic carbocycles. The number of nitrogens with zero attached hydrogens (tertiary/aromatic N) is 1. The van der Waals surface area contributed by atoms with Gasteiger partial charge in [-0.2, -0.15) is 13.2 Å². The van der Waals surface area contributed by atoms with Gasteiger partial charge < -0.3 is 10.3 Å². The summed E-state index contributed by atoms with van der Waals surface area (Å²) < 4.78 is 42.9. The Morgan fingerprint density at radius 1 is 1.18 bits per heavy atom. The summed E-state index contributed by atoms with van der Waals surface area (Å²) in [6, 6.07) is 6.23. The van der Waals surface area contributed by atoms with Gasteiger partial charge in [-0.3, -0.25) is 0 Å². The van der Waals surface area contributed by atoms with Crippen molar-refractivity contribution in [2.45, 2.75) is 6.18 Å². The maximum Gasteiger partial charge on any atom is 0.453 e. The Labute approximate surface area is 103 Å². The summed E-state index contributed by atoms with van der Waals surface area (Å²) in [5.41, 5.74) is 5.46. The van der Waals surface area contributed by atoms with Gasteiger partial charge in [-0.25, -0.2) is 0 Å². The van der Waals surface area contributed by atoms with Crippen molar-refractivity contribution in [2.75, 3.05) is 5.73 Å². The molecular weight excluding hydrogens is 301 g/mol. The molecule has 0 atom stereocenters. The van der Waals surface area contributed by atoms with E-state index in [0.29, 0.717) is 5.56 Å². The summed E-state index contributed by atoms with van der Waals surface area (Å²) in [5.74, 6) is -1.46. The van der Waals surface area contributed by atoms with E-state index < -0.39 is 11.9 Å². The zero-order chi connectivity index (χ0) is 12.6. The molecule has 0 fully saturated rings.